The first kappa shape index (κ1) is 8.25. The maximum absolute atomic E-state index is 11.1. The van der Waals surface area contributed by atoms with Crippen molar-refractivity contribution < 1.29 is 4.79 Å². The number of carbonyl (C=O) groups excluding carboxylic acids is 1. The number of unbranched alkanes of at least 4 members (excludes halogenated alkanes) is 1. The predicted molar refractivity (Wildman–Crippen MR) is 46.4 cm³/mol. The van der Waals surface area contributed by atoms with Gasteiger partial charge in [-0.3, -0.25) is 4.79 Å². The van der Waals surface area contributed by atoms with Crippen LogP contribution in [-0.2, 0) is 4.79 Å². The molecule has 1 aliphatic carbocycles. The van der Waals surface area contributed by atoms with E-state index in [1.165, 1.54) is 0 Å². The molecule has 1 saturated carbocycles. The molecule has 0 aliphatic heterocycles. The van der Waals surface area contributed by atoms with Gasteiger partial charge in [0.15, 0.2) is 5.78 Å². The quantitative estimate of drug-likeness (QED) is 0.343. The SMILES string of the molecule is C=CCC/C=C1/CCCC1=O. The zero-order valence-corrected chi connectivity index (χ0v) is 6.81. The topological polar surface area (TPSA) is 17.1 Å². The van der Waals surface area contributed by atoms with Gasteiger partial charge in [0.1, 0.15) is 0 Å². The molecule has 0 saturated heterocycles. The van der Waals surface area contributed by atoms with E-state index in [1.807, 2.05) is 6.08 Å². The molecular weight excluding hydrogens is 136 g/mol. The van der Waals surface area contributed by atoms with Gasteiger partial charge in [-0.15, -0.1) is 6.58 Å². The minimum atomic E-state index is 0.356. The lowest BCUT2D eigenvalue weighted by atomic mass is 10.1. The van der Waals surface area contributed by atoms with Crippen LogP contribution in [0, 0.1) is 0 Å². The van der Waals surface area contributed by atoms with E-state index in [4.69, 9.17) is 0 Å². The molecule has 0 radical (unpaired) electrons. The van der Waals surface area contributed by atoms with Crippen molar-refractivity contribution in [2.45, 2.75) is 32.1 Å². The summed E-state index contributed by atoms with van der Waals surface area (Å²) in [5.74, 6) is 0.356. The van der Waals surface area contributed by atoms with Gasteiger partial charge in [-0.25, -0.2) is 0 Å². The molecule has 0 atom stereocenters. The minimum Gasteiger partial charge on any atom is -0.295 e. The maximum Gasteiger partial charge on any atom is 0.158 e. The lowest BCUT2D eigenvalue weighted by Crippen LogP contribution is -1.90. The Kier molecular flexibility index (Phi) is 3.09. The fourth-order valence-electron chi connectivity index (χ4n) is 1.33. The Morgan fingerprint density at radius 3 is 2.73 bits per heavy atom. The number of allylic oxidation sites excluding steroid dienone is 3. The van der Waals surface area contributed by atoms with Gasteiger partial charge in [0.2, 0.25) is 0 Å². The summed E-state index contributed by atoms with van der Waals surface area (Å²) in [5.41, 5.74) is 1.05. The second kappa shape index (κ2) is 4.12. The first-order valence-corrected chi connectivity index (χ1v) is 4.17. The summed E-state index contributed by atoms with van der Waals surface area (Å²) in [6.45, 7) is 3.63. The molecule has 0 aromatic carbocycles. The van der Waals surface area contributed by atoms with Gasteiger partial charge in [-0.1, -0.05) is 12.2 Å². The molecule has 1 heteroatoms. The van der Waals surface area contributed by atoms with Crippen molar-refractivity contribution in [2.75, 3.05) is 0 Å². The van der Waals surface area contributed by atoms with Crippen LogP contribution >= 0.6 is 0 Å². The highest BCUT2D eigenvalue weighted by atomic mass is 16.1. The van der Waals surface area contributed by atoms with Gasteiger partial charge in [-0.05, 0) is 31.3 Å². The molecule has 0 bridgehead atoms. The average Bonchev–Trinajstić information content (AvgIpc) is 2.37. The standard InChI is InChI=1S/C10H14O/c1-2-3-4-6-9-7-5-8-10(9)11/h2,6H,1,3-5,7-8H2/b9-6-. The molecule has 1 aliphatic rings. The summed E-state index contributed by atoms with van der Waals surface area (Å²) < 4.78 is 0. The van der Waals surface area contributed by atoms with Crippen molar-refractivity contribution in [3.63, 3.8) is 0 Å². The van der Waals surface area contributed by atoms with Crippen LogP contribution in [0.2, 0.25) is 0 Å². The predicted octanol–water partition coefficient (Wildman–Crippen LogP) is 2.63. The third-order valence-corrected chi connectivity index (χ3v) is 1.97. The molecule has 11 heavy (non-hydrogen) atoms. The van der Waals surface area contributed by atoms with Crippen LogP contribution in [0.15, 0.2) is 24.3 Å². The fourth-order valence-corrected chi connectivity index (χ4v) is 1.33. The van der Waals surface area contributed by atoms with E-state index in [0.29, 0.717) is 5.78 Å². The second-order valence-electron chi connectivity index (χ2n) is 2.87. The smallest absolute Gasteiger partial charge is 0.158 e. The van der Waals surface area contributed by atoms with Crippen LogP contribution in [-0.4, -0.2) is 5.78 Å². The molecule has 0 spiro atoms. The van der Waals surface area contributed by atoms with Crippen molar-refractivity contribution in [1.82, 2.24) is 0 Å². The van der Waals surface area contributed by atoms with E-state index in [-0.39, 0.29) is 0 Å². The van der Waals surface area contributed by atoms with Crippen LogP contribution in [0.4, 0.5) is 0 Å². The Bertz CT molecular complexity index is 189. The highest BCUT2D eigenvalue weighted by Gasteiger charge is 2.15. The number of rotatable bonds is 3. The molecule has 60 valence electrons. The Hall–Kier alpha value is -0.850. The molecule has 0 heterocycles. The van der Waals surface area contributed by atoms with Crippen molar-refractivity contribution >= 4 is 5.78 Å². The zero-order valence-electron chi connectivity index (χ0n) is 6.81. The van der Waals surface area contributed by atoms with E-state index in [2.05, 4.69) is 12.7 Å². The van der Waals surface area contributed by atoms with Gasteiger partial charge in [0.05, 0.1) is 0 Å². The Morgan fingerprint density at radius 1 is 1.36 bits per heavy atom. The summed E-state index contributed by atoms with van der Waals surface area (Å²) in [6.07, 6.45) is 8.73. The number of carbonyl (C=O) groups is 1. The fraction of sp³-hybridized carbons (Fsp3) is 0.500. The van der Waals surface area contributed by atoms with Crippen molar-refractivity contribution in [3.05, 3.63) is 24.3 Å². The van der Waals surface area contributed by atoms with Gasteiger partial charge < -0.3 is 0 Å². The molecular formula is C10H14O. The third kappa shape index (κ3) is 2.34. The van der Waals surface area contributed by atoms with Crippen LogP contribution < -0.4 is 0 Å². The van der Waals surface area contributed by atoms with E-state index < -0.39 is 0 Å². The Morgan fingerprint density at radius 2 is 2.18 bits per heavy atom. The zero-order chi connectivity index (χ0) is 8.10. The second-order valence-corrected chi connectivity index (χ2v) is 2.87. The number of hydrogen-bond donors (Lipinski definition) is 0. The normalized spacial score (nSPS) is 21.1. The largest absolute Gasteiger partial charge is 0.295 e. The molecule has 0 N–H and O–H groups in total. The summed E-state index contributed by atoms with van der Waals surface area (Å²) in [6, 6.07) is 0. The van der Waals surface area contributed by atoms with E-state index in [0.717, 1.165) is 37.7 Å². The Balaban J connectivity index is 2.38. The van der Waals surface area contributed by atoms with Crippen molar-refractivity contribution in [1.29, 1.82) is 0 Å². The van der Waals surface area contributed by atoms with Gasteiger partial charge >= 0.3 is 0 Å². The molecule has 0 aromatic rings. The van der Waals surface area contributed by atoms with Crippen molar-refractivity contribution in [3.8, 4) is 0 Å². The molecule has 0 amide bonds. The highest BCUT2D eigenvalue weighted by molar-refractivity contribution is 5.97. The monoisotopic (exact) mass is 150 g/mol. The van der Waals surface area contributed by atoms with Crippen LogP contribution in [0.3, 0.4) is 0 Å². The number of Topliss-reactive ketones (excluding diaryl/α,β-unsaturated/α-hetero) is 1. The van der Waals surface area contributed by atoms with Crippen LogP contribution in [0.1, 0.15) is 32.1 Å². The Labute approximate surface area is 67.8 Å². The van der Waals surface area contributed by atoms with Crippen LogP contribution in [0.5, 0.6) is 0 Å². The third-order valence-electron chi connectivity index (χ3n) is 1.97. The summed E-state index contributed by atoms with van der Waals surface area (Å²) in [7, 11) is 0. The number of ketones is 1. The lowest BCUT2D eigenvalue weighted by molar-refractivity contribution is -0.114. The molecule has 1 rings (SSSR count). The molecule has 0 unspecified atom stereocenters. The minimum absolute atomic E-state index is 0.356. The van der Waals surface area contributed by atoms with Gasteiger partial charge in [0.25, 0.3) is 0 Å². The maximum atomic E-state index is 11.1. The lowest BCUT2D eigenvalue weighted by Gasteiger charge is -1.91. The van der Waals surface area contributed by atoms with Gasteiger partial charge in [-0.2, -0.15) is 0 Å². The van der Waals surface area contributed by atoms with Gasteiger partial charge in [0, 0.05) is 6.42 Å². The van der Waals surface area contributed by atoms with E-state index in [9.17, 15) is 4.79 Å². The summed E-state index contributed by atoms with van der Waals surface area (Å²) >= 11 is 0. The van der Waals surface area contributed by atoms with Crippen molar-refractivity contribution in [2.24, 2.45) is 0 Å². The van der Waals surface area contributed by atoms with Crippen LogP contribution in [0.25, 0.3) is 0 Å². The average molecular weight is 150 g/mol. The van der Waals surface area contributed by atoms with E-state index in [1.54, 1.807) is 0 Å². The first-order valence-electron chi connectivity index (χ1n) is 4.17. The number of hydrogen-bond acceptors (Lipinski definition) is 1. The molecule has 0 aromatic heterocycles. The summed E-state index contributed by atoms with van der Waals surface area (Å²) in [5, 5.41) is 0. The molecule has 1 nitrogen and oxygen atoms in total. The molecule has 1 fully saturated rings. The summed E-state index contributed by atoms with van der Waals surface area (Å²) in [4.78, 5) is 11.1. The first-order chi connectivity index (χ1) is 5.34. The van der Waals surface area contributed by atoms with E-state index >= 15 is 0 Å². The highest BCUT2D eigenvalue weighted by Crippen LogP contribution is 2.20.